The summed E-state index contributed by atoms with van der Waals surface area (Å²) in [5.74, 6) is 0. The van der Waals surface area contributed by atoms with E-state index in [9.17, 15) is 0 Å². The lowest BCUT2D eigenvalue weighted by molar-refractivity contribution is 1.27. The second kappa shape index (κ2) is 4.18. The predicted octanol–water partition coefficient (Wildman–Crippen LogP) is 1.10. The molecule has 0 fully saturated rings. The Labute approximate surface area is 48.6 Å². The molecule has 0 bridgehead atoms. The summed E-state index contributed by atoms with van der Waals surface area (Å²) in [6.45, 7) is 3.42. The van der Waals surface area contributed by atoms with Gasteiger partial charge in [-0.2, -0.15) is 10.2 Å². The smallest absolute Gasteiger partial charge is 0.0700 e. The Morgan fingerprint density at radius 1 is 1.50 bits per heavy atom. The zero-order valence-corrected chi connectivity index (χ0v) is 5.05. The Kier molecular flexibility index (Phi) is 3.66. The normalized spacial score (nSPS) is 11.2. The van der Waals surface area contributed by atoms with Crippen molar-refractivity contribution in [1.82, 2.24) is 0 Å². The highest BCUT2D eigenvalue weighted by molar-refractivity contribution is 6.27. The maximum atomic E-state index is 6.85. The van der Waals surface area contributed by atoms with Gasteiger partial charge >= 0.3 is 0 Å². The van der Waals surface area contributed by atoms with Crippen LogP contribution in [0.3, 0.4) is 0 Å². The van der Waals surface area contributed by atoms with Crippen LogP contribution in [0.1, 0.15) is 13.8 Å². The third-order valence-electron chi connectivity index (χ3n) is 0.434. The van der Waals surface area contributed by atoms with E-state index in [4.69, 9.17) is 5.41 Å². The fourth-order valence-corrected chi connectivity index (χ4v) is 0.187. The number of rotatable bonds is 2. The SMILES string of the molecule is C/C=N/N=C/C(C)=N. The first-order valence-electron chi connectivity index (χ1n) is 2.33. The van der Waals surface area contributed by atoms with Gasteiger partial charge < -0.3 is 5.41 Å². The summed E-state index contributed by atoms with van der Waals surface area (Å²) in [5.41, 5.74) is 0.413. The molecule has 0 aromatic carbocycles. The van der Waals surface area contributed by atoms with E-state index in [-0.39, 0.29) is 0 Å². The molecule has 0 unspecified atom stereocenters. The molecule has 3 heteroatoms. The van der Waals surface area contributed by atoms with Gasteiger partial charge in [-0.3, -0.25) is 0 Å². The topological polar surface area (TPSA) is 48.6 Å². The van der Waals surface area contributed by atoms with Crippen LogP contribution < -0.4 is 0 Å². The summed E-state index contributed by atoms with van der Waals surface area (Å²) in [6.07, 6.45) is 2.96. The Morgan fingerprint density at radius 2 is 2.12 bits per heavy atom. The Balaban J connectivity index is 3.50. The van der Waals surface area contributed by atoms with Crippen molar-refractivity contribution in [2.24, 2.45) is 10.2 Å². The predicted molar refractivity (Wildman–Crippen MR) is 36.1 cm³/mol. The van der Waals surface area contributed by atoms with Crippen LogP contribution >= 0.6 is 0 Å². The van der Waals surface area contributed by atoms with Gasteiger partial charge in [0.1, 0.15) is 0 Å². The number of hydrogen-bond acceptors (Lipinski definition) is 3. The van der Waals surface area contributed by atoms with Gasteiger partial charge in [0.15, 0.2) is 0 Å². The quantitative estimate of drug-likeness (QED) is 0.410. The maximum Gasteiger partial charge on any atom is 0.0700 e. The van der Waals surface area contributed by atoms with Crippen molar-refractivity contribution >= 4 is 18.1 Å². The Hall–Kier alpha value is -0.990. The summed E-state index contributed by atoms with van der Waals surface area (Å²) in [7, 11) is 0. The Bertz CT molecular complexity index is 124. The molecule has 8 heavy (non-hydrogen) atoms. The molecule has 0 saturated heterocycles. The molecule has 44 valence electrons. The van der Waals surface area contributed by atoms with E-state index in [1.807, 2.05) is 0 Å². The molecule has 0 heterocycles. The molecule has 0 aliphatic heterocycles. The molecule has 0 aromatic heterocycles. The van der Waals surface area contributed by atoms with Crippen LogP contribution in [0.5, 0.6) is 0 Å². The minimum Gasteiger partial charge on any atom is -0.304 e. The van der Waals surface area contributed by atoms with Crippen molar-refractivity contribution in [3.8, 4) is 0 Å². The molecular formula is C5H9N3. The summed E-state index contributed by atoms with van der Waals surface area (Å²) >= 11 is 0. The minimum atomic E-state index is 0.413. The van der Waals surface area contributed by atoms with Crippen LogP contribution in [-0.2, 0) is 0 Å². The van der Waals surface area contributed by atoms with Crippen molar-refractivity contribution in [3.63, 3.8) is 0 Å². The van der Waals surface area contributed by atoms with Gasteiger partial charge in [0.25, 0.3) is 0 Å². The lowest BCUT2D eigenvalue weighted by atomic mass is 10.5. The minimum absolute atomic E-state index is 0.413. The largest absolute Gasteiger partial charge is 0.304 e. The first kappa shape index (κ1) is 7.01. The molecule has 0 spiro atoms. The highest BCUT2D eigenvalue weighted by Gasteiger charge is 1.71. The van der Waals surface area contributed by atoms with Crippen molar-refractivity contribution in [2.75, 3.05) is 0 Å². The van der Waals surface area contributed by atoms with Gasteiger partial charge in [-0.05, 0) is 13.8 Å². The zero-order valence-electron chi connectivity index (χ0n) is 5.05. The van der Waals surface area contributed by atoms with Crippen molar-refractivity contribution in [2.45, 2.75) is 13.8 Å². The van der Waals surface area contributed by atoms with Gasteiger partial charge in [0, 0.05) is 11.9 Å². The van der Waals surface area contributed by atoms with Gasteiger partial charge in [-0.25, -0.2) is 0 Å². The van der Waals surface area contributed by atoms with Gasteiger partial charge in [0.05, 0.1) is 6.21 Å². The molecule has 0 aliphatic carbocycles. The average Bonchev–Trinajstić information content (AvgIpc) is 1.66. The van der Waals surface area contributed by atoms with Gasteiger partial charge in [-0.1, -0.05) is 0 Å². The highest BCUT2D eigenvalue weighted by Crippen LogP contribution is 1.66. The van der Waals surface area contributed by atoms with E-state index in [0.29, 0.717) is 5.71 Å². The molecule has 0 saturated carbocycles. The first-order valence-corrected chi connectivity index (χ1v) is 2.33. The fourth-order valence-electron chi connectivity index (χ4n) is 0.187. The molecule has 3 nitrogen and oxygen atoms in total. The van der Waals surface area contributed by atoms with Crippen LogP contribution in [-0.4, -0.2) is 18.1 Å². The van der Waals surface area contributed by atoms with Gasteiger partial charge in [0.2, 0.25) is 0 Å². The van der Waals surface area contributed by atoms with Crippen molar-refractivity contribution in [3.05, 3.63) is 0 Å². The van der Waals surface area contributed by atoms with Crippen molar-refractivity contribution < 1.29 is 0 Å². The van der Waals surface area contributed by atoms with Crippen LogP contribution in [0, 0.1) is 5.41 Å². The van der Waals surface area contributed by atoms with E-state index in [1.54, 1.807) is 20.1 Å². The van der Waals surface area contributed by atoms with E-state index >= 15 is 0 Å². The summed E-state index contributed by atoms with van der Waals surface area (Å²) < 4.78 is 0. The number of nitrogens with one attached hydrogen (secondary N) is 1. The lowest BCUT2D eigenvalue weighted by Gasteiger charge is -1.75. The third kappa shape index (κ3) is 5.01. The molecule has 0 rings (SSSR count). The Morgan fingerprint density at radius 3 is 2.50 bits per heavy atom. The molecular weight excluding hydrogens is 102 g/mol. The van der Waals surface area contributed by atoms with Crippen molar-refractivity contribution in [1.29, 1.82) is 5.41 Å². The summed E-state index contributed by atoms with van der Waals surface area (Å²) in [5, 5.41) is 13.9. The average molecular weight is 111 g/mol. The molecule has 0 radical (unpaired) electrons. The van der Waals surface area contributed by atoms with Crippen LogP contribution in [0.4, 0.5) is 0 Å². The molecule has 0 amide bonds. The second-order valence-corrected chi connectivity index (χ2v) is 1.30. The van der Waals surface area contributed by atoms with E-state index in [1.165, 1.54) is 6.21 Å². The first-order chi connectivity index (χ1) is 3.77. The number of hydrogen-bond donors (Lipinski definition) is 1. The third-order valence-corrected chi connectivity index (χ3v) is 0.434. The molecule has 0 aromatic rings. The number of nitrogens with zero attached hydrogens (tertiary/aromatic N) is 2. The summed E-state index contributed by atoms with van der Waals surface area (Å²) in [4.78, 5) is 0. The van der Waals surface area contributed by atoms with E-state index < -0.39 is 0 Å². The standard InChI is InChI=1S/C5H9N3/c1-3-7-8-4-5(2)6/h3-4,6H,1-2H3/b6-5?,7-3+,8-4+. The zero-order chi connectivity index (χ0) is 6.41. The molecule has 0 atom stereocenters. The molecule has 0 aliphatic rings. The lowest BCUT2D eigenvalue weighted by Crippen LogP contribution is -1.85. The highest BCUT2D eigenvalue weighted by atomic mass is 15.2. The van der Waals surface area contributed by atoms with E-state index in [0.717, 1.165) is 0 Å². The van der Waals surface area contributed by atoms with E-state index in [2.05, 4.69) is 10.2 Å². The van der Waals surface area contributed by atoms with Crippen LogP contribution in [0.15, 0.2) is 10.2 Å². The monoisotopic (exact) mass is 111 g/mol. The van der Waals surface area contributed by atoms with Gasteiger partial charge in [-0.15, -0.1) is 0 Å². The second-order valence-electron chi connectivity index (χ2n) is 1.30. The van der Waals surface area contributed by atoms with Crippen LogP contribution in [0.25, 0.3) is 0 Å². The molecule has 1 N–H and O–H groups in total. The fraction of sp³-hybridized carbons (Fsp3) is 0.400. The maximum absolute atomic E-state index is 6.85. The summed E-state index contributed by atoms with van der Waals surface area (Å²) in [6, 6.07) is 0. The van der Waals surface area contributed by atoms with Crippen LogP contribution in [0.2, 0.25) is 0 Å².